The molecule has 1 saturated heterocycles. The monoisotopic (exact) mass is 334 g/mol. The Morgan fingerprint density at radius 3 is 2.79 bits per heavy atom. The molecule has 24 heavy (non-hydrogen) atoms. The number of carbonyl (C=O) groups excluding carboxylic acids is 1. The molecular weight excluding hydrogens is 308 g/mol. The molecule has 1 aliphatic carbocycles. The van der Waals surface area contributed by atoms with Crippen LogP contribution in [-0.2, 0) is 31.2 Å². The molecule has 0 radical (unpaired) electrons. The molecule has 2 heterocycles. The number of carboxylic acid groups (broad SMARTS) is 1. The predicted molar refractivity (Wildman–Crippen MR) is 88.6 cm³/mol. The highest BCUT2D eigenvalue weighted by Gasteiger charge is 2.32. The van der Waals surface area contributed by atoms with Gasteiger partial charge in [-0.05, 0) is 43.6 Å². The molecule has 2 aliphatic rings. The molecule has 0 saturated carbocycles. The average Bonchev–Trinajstić information content (AvgIpc) is 2.87. The number of carboxylic acids is 1. The van der Waals surface area contributed by atoms with Gasteiger partial charge < -0.3 is 15.3 Å². The van der Waals surface area contributed by atoms with E-state index in [0.717, 1.165) is 24.2 Å². The summed E-state index contributed by atoms with van der Waals surface area (Å²) in [5.41, 5.74) is 3.50. The summed E-state index contributed by atoms with van der Waals surface area (Å²) in [4.78, 5) is 25.4. The number of aromatic nitrogens is 2. The van der Waals surface area contributed by atoms with Crippen LogP contribution in [0, 0.1) is 11.8 Å². The minimum Gasteiger partial charge on any atom is -0.481 e. The SMILES string of the molecule is CC1CC(C(=O)O)CN(C(=O)NCc2c3c(nn2C)CCCC3)C1. The molecule has 0 bridgehead atoms. The Morgan fingerprint density at radius 1 is 1.29 bits per heavy atom. The van der Waals surface area contributed by atoms with E-state index < -0.39 is 11.9 Å². The number of hydrogen-bond acceptors (Lipinski definition) is 3. The van der Waals surface area contributed by atoms with Crippen LogP contribution in [0.1, 0.15) is 43.1 Å². The number of rotatable bonds is 3. The molecule has 2 unspecified atom stereocenters. The van der Waals surface area contributed by atoms with E-state index in [4.69, 9.17) is 0 Å². The molecule has 3 rings (SSSR count). The molecule has 0 spiro atoms. The van der Waals surface area contributed by atoms with Gasteiger partial charge in [0.1, 0.15) is 0 Å². The second kappa shape index (κ2) is 6.83. The summed E-state index contributed by atoms with van der Waals surface area (Å²) < 4.78 is 1.87. The third-order valence-electron chi connectivity index (χ3n) is 5.15. The highest BCUT2D eigenvalue weighted by atomic mass is 16.4. The number of carbonyl (C=O) groups is 2. The number of amides is 2. The van der Waals surface area contributed by atoms with Crippen LogP contribution < -0.4 is 5.32 Å². The van der Waals surface area contributed by atoms with Crippen molar-refractivity contribution in [3.05, 3.63) is 17.0 Å². The molecule has 2 atom stereocenters. The standard InChI is InChI=1S/C17H26N4O3/c1-11-7-12(16(22)23)10-21(9-11)17(24)18-8-15-13-5-3-4-6-14(13)19-20(15)2/h11-12H,3-10H2,1-2H3,(H,18,24)(H,22,23). The van der Waals surface area contributed by atoms with Gasteiger partial charge in [0.25, 0.3) is 0 Å². The number of nitrogens with one attached hydrogen (secondary N) is 1. The van der Waals surface area contributed by atoms with Gasteiger partial charge in [-0.1, -0.05) is 6.92 Å². The molecular formula is C17H26N4O3. The number of urea groups is 1. The van der Waals surface area contributed by atoms with Crippen LogP contribution in [0.15, 0.2) is 0 Å². The molecule has 2 N–H and O–H groups in total. The average molecular weight is 334 g/mol. The maximum Gasteiger partial charge on any atom is 0.317 e. The summed E-state index contributed by atoms with van der Waals surface area (Å²) in [5.74, 6) is -1.08. The third-order valence-corrected chi connectivity index (χ3v) is 5.15. The Kier molecular flexibility index (Phi) is 4.78. The molecule has 1 fully saturated rings. The first-order chi connectivity index (χ1) is 11.5. The zero-order valence-electron chi connectivity index (χ0n) is 14.4. The molecule has 132 valence electrons. The number of piperidine rings is 1. The van der Waals surface area contributed by atoms with Gasteiger partial charge in [-0.2, -0.15) is 5.10 Å². The van der Waals surface area contributed by atoms with E-state index in [2.05, 4.69) is 10.4 Å². The van der Waals surface area contributed by atoms with E-state index in [1.165, 1.54) is 18.4 Å². The van der Waals surface area contributed by atoms with Gasteiger partial charge in [0, 0.05) is 20.1 Å². The molecule has 2 amide bonds. The Morgan fingerprint density at radius 2 is 2.04 bits per heavy atom. The minimum absolute atomic E-state index is 0.182. The second-order valence-corrected chi connectivity index (χ2v) is 7.14. The number of fused-ring (bicyclic) bond motifs is 1. The Bertz CT molecular complexity index is 640. The maximum atomic E-state index is 12.5. The van der Waals surface area contributed by atoms with Crippen LogP contribution in [0.5, 0.6) is 0 Å². The lowest BCUT2D eigenvalue weighted by atomic mass is 9.91. The highest BCUT2D eigenvalue weighted by molar-refractivity contribution is 5.76. The topological polar surface area (TPSA) is 87.5 Å². The number of aryl methyl sites for hydroxylation is 2. The largest absolute Gasteiger partial charge is 0.481 e. The lowest BCUT2D eigenvalue weighted by molar-refractivity contribution is -0.143. The quantitative estimate of drug-likeness (QED) is 0.878. The van der Waals surface area contributed by atoms with E-state index in [0.29, 0.717) is 19.5 Å². The van der Waals surface area contributed by atoms with Gasteiger partial charge in [-0.3, -0.25) is 9.48 Å². The van der Waals surface area contributed by atoms with Crippen LogP contribution in [-0.4, -0.2) is 44.9 Å². The van der Waals surface area contributed by atoms with E-state index in [9.17, 15) is 14.7 Å². The van der Waals surface area contributed by atoms with Crippen molar-refractivity contribution >= 4 is 12.0 Å². The summed E-state index contributed by atoms with van der Waals surface area (Å²) in [7, 11) is 1.92. The third kappa shape index (κ3) is 3.39. The molecule has 0 aromatic carbocycles. The predicted octanol–water partition coefficient (Wildman–Crippen LogP) is 1.55. The Hall–Kier alpha value is -2.05. The van der Waals surface area contributed by atoms with Crippen LogP contribution in [0.4, 0.5) is 4.79 Å². The van der Waals surface area contributed by atoms with Gasteiger partial charge in [0.05, 0.1) is 23.9 Å². The first-order valence-electron chi connectivity index (χ1n) is 8.75. The zero-order chi connectivity index (χ0) is 17.3. The van der Waals surface area contributed by atoms with Gasteiger partial charge >= 0.3 is 12.0 Å². The number of nitrogens with zero attached hydrogens (tertiary/aromatic N) is 3. The van der Waals surface area contributed by atoms with Crippen LogP contribution in [0.25, 0.3) is 0 Å². The van der Waals surface area contributed by atoms with Crippen molar-refractivity contribution in [1.82, 2.24) is 20.0 Å². The molecule has 7 nitrogen and oxygen atoms in total. The van der Waals surface area contributed by atoms with Gasteiger partial charge in [0.2, 0.25) is 0 Å². The highest BCUT2D eigenvalue weighted by Crippen LogP contribution is 2.24. The summed E-state index contributed by atoms with van der Waals surface area (Å²) in [5, 5.41) is 16.8. The van der Waals surface area contributed by atoms with Crippen molar-refractivity contribution in [3.63, 3.8) is 0 Å². The first-order valence-corrected chi connectivity index (χ1v) is 8.75. The minimum atomic E-state index is -0.819. The fraction of sp³-hybridized carbons (Fsp3) is 0.706. The summed E-state index contributed by atoms with van der Waals surface area (Å²) >= 11 is 0. The Labute approximate surface area is 142 Å². The maximum absolute atomic E-state index is 12.5. The Balaban J connectivity index is 1.63. The first kappa shape index (κ1) is 16.8. The normalized spacial score (nSPS) is 23.7. The van der Waals surface area contributed by atoms with Crippen LogP contribution >= 0.6 is 0 Å². The molecule has 1 aromatic rings. The molecule has 7 heteroatoms. The fourth-order valence-corrected chi connectivity index (χ4v) is 3.94. The van der Waals surface area contributed by atoms with E-state index >= 15 is 0 Å². The number of likely N-dealkylation sites (tertiary alicyclic amines) is 1. The van der Waals surface area contributed by atoms with E-state index in [1.54, 1.807) is 4.90 Å². The summed E-state index contributed by atoms with van der Waals surface area (Å²) in [6, 6.07) is -0.182. The summed E-state index contributed by atoms with van der Waals surface area (Å²) in [6.45, 7) is 3.33. The smallest absolute Gasteiger partial charge is 0.317 e. The zero-order valence-corrected chi connectivity index (χ0v) is 14.4. The number of hydrogen-bond donors (Lipinski definition) is 2. The van der Waals surface area contributed by atoms with Crippen molar-refractivity contribution in [2.45, 2.75) is 45.6 Å². The van der Waals surface area contributed by atoms with E-state index in [-0.39, 0.29) is 18.5 Å². The van der Waals surface area contributed by atoms with Crippen molar-refractivity contribution in [2.75, 3.05) is 13.1 Å². The molecule has 1 aliphatic heterocycles. The second-order valence-electron chi connectivity index (χ2n) is 7.14. The lowest BCUT2D eigenvalue weighted by Gasteiger charge is -2.34. The van der Waals surface area contributed by atoms with Gasteiger partial charge in [-0.15, -0.1) is 0 Å². The summed E-state index contributed by atoms with van der Waals surface area (Å²) in [6.07, 6.45) is 5.02. The van der Waals surface area contributed by atoms with Crippen LogP contribution in [0.2, 0.25) is 0 Å². The molecule has 1 aromatic heterocycles. The van der Waals surface area contributed by atoms with Crippen molar-refractivity contribution < 1.29 is 14.7 Å². The number of aliphatic carboxylic acids is 1. The lowest BCUT2D eigenvalue weighted by Crippen LogP contribution is -2.49. The van der Waals surface area contributed by atoms with Gasteiger partial charge in [0.15, 0.2) is 0 Å². The van der Waals surface area contributed by atoms with Gasteiger partial charge in [-0.25, -0.2) is 4.79 Å². The fourth-order valence-electron chi connectivity index (χ4n) is 3.94. The van der Waals surface area contributed by atoms with Crippen molar-refractivity contribution in [1.29, 1.82) is 0 Å². The van der Waals surface area contributed by atoms with Crippen molar-refractivity contribution in [3.8, 4) is 0 Å². The van der Waals surface area contributed by atoms with Crippen molar-refractivity contribution in [2.24, 2.45) is 18.9 Å². The van der Waals surface area contributed by atoms with Crippen LogP contribution in [0.3, 0.4) is 0 Å². The van der Waals surface area contributed by atoms with E-state index in [1.807, 2.05) is 18.7 Å².